The van der Waals surface area contributed by atoms with Gasteiger partial charge in [0.25, 0.3) is 5.56 Å². The lowest BCUT2D eigenvalue weighted by Gasteiger charge is -2.14. The van der Waals surface area contributed by atoms with E-state index < -0.39 is 17.1 Å². The lowest BCUT2D eigenvalue weighted by molar-refractivity contribution is 0.593. The molecule has 0 N–H and O–H groups in total. The Morgan fingerprint density at radius 3 is 2.58 bits per heavy atom. The van der Waals surface area contributed by atoms with E-state index in [0.717, 1.165) is 21.0 Å². The molecular weight excluding hydrogens is 426 g/mol. The van der Waals surface area contributed by atoms with E-state index in [0.29, 0.717) is 0 Å². The Morgan fingerprint density at radius 2 is 2.00 bits per heavy atom. The molecule has 0 amide bonds. The van der Waals surface area contributed by atoms with E-state index in [2.05, 4.69) is 4.99 Å². The maximum atomic E-state index is 14.4. The molecule has 0 radical (unpaired) electrons. The SMILES string of the molecule is CN(C)/C=N/c1cc(=O)n(C2CC2)c(=O)n1-c1ccc(I)cc1F. The molecule has 0 saturated heterocycles. The van der Waals surface area contributed by atoms with Crippen LogP contribution in [0.15, 0.2) is 38.8 Å². The average molecular weight is 442 g/mol. The summed E-state index contributed by atoms with van der Waals surface area (Å²) >= 11 is 2.00. The summed E-state index contributed by atoms with van der Waals surface area (Å²) in [5.41, 5.74) is -0.882. The molecule has 0 aliphatic heterocycles. The molecule has 3 rings (SSSR count). The van der Waals surface area contributed by atoms with Crippen molar-refractivity contribution in [3.63, 3.8) is 0 Å². The highest BCUT2D eigenvalue weighted by Gasteiger charge is 2.28. The summed E-state index contributed by atoms with van der Waals surface area (Å²) in [5, 5.41) is 0. The summed E-state index contributed by atoms with van der Waals surface area (Å²) in [6.45, 7) is 0. The van der Waals surface area contributed by atoms with Crippen LogP contribution in [0.1, 0.15) is 18.9 Å². The van der Waals surface area contributed by atoms with Crippen molar-refractivity contribution >= 4 is 34.7 Å². The first-order chi connectivity index (χ1) is 11.4. The van der Waals surface area contributed by atoms with Gasteiger partial charge in [-0.1, -0.05) is 0 Å². The van der Waals surface area contributed by atoms with Crippen molar-refractivity contribution in [1.82, 2.24) is 14.0 Å². The van der Waals surface area contributed by atoms with Gasteiger partial charge in [-0.05, 0) is 53.6 Å². The quantitative estimate of drug-likeness (QED) is 0.415. The largest absolute Gasteiger partial charge is 0.369 e. The van der Waals surface area contributed by atoms with Gasteiger partial charge in [0.15, 0.2) is 0 Å². The Bertz CT molecular complexity index is 929. The minimum Gasteiger partial charge on any atom is -0.369 e. The highest BCUT2D eigenvalue weighted by molar-refractivity contribution is 14.1. The Kier molecular flexibility index (Phi) is 4.57. The van der Waals surface area contributed by atoms with E-state index in [-0.39, 0.29) is 17.5 Å². The van der Waals surface area contributed by atoms with Gasteiger partial charge in [0.1, 0.15) is 11.6 Å². The maximum Gasteiger partial charge on any atom is 0.337 e. The van der Waals surface area contributed by atoms with Gasteiger partial charge in [0.05, 0.1) is 12.0 Å². The Labute approximate surface area is 151 Å². The zero-order chi connectivity index (χ0) is 17.4. The van der Waals surface area contributed by atoms with Crippen LogP contribution in [-0.4, -0.2) is 34.5 Å². The van der Waals surface area contributed by atoms with Crippen LogP contribution >= 0.6 is 22.6 Å². The van der Waals surface area contributed by atoms with E-state index in [1.54, 1.807) is 25.1 Å². The fourth-order valence-electron chi connectivity index (χ4n) is 2.37. The number of benzene rings is 1. The van der Waals surface area contributed by atoms with Crippen molar-refractivity contribution in [2.45, 2.75) is 18.9 Å². The van der Waals surface area contributed by atoms with E-state index in [1.807, 2.05) is 22.6 Å². The van der Waals surface area contributed by atoms with E-state index in [9.17, 15) is 14.0 Å². The summed E-state index contributed by atoms with van der Waals surface area (Å²) < 4.78 is 17.5. The first-order valence-electron chi connectivity index (χ1n) is 7.43. The topological polar surface area (TPSA) is 59.6 Å². The van der Waals surface area contributed by atoms with Crippen LogP contribution in [0.4, 0.5) is 10.2 Å². The molecule has 1 aromatic carbocycles. The molecule has 2 aromatic rings. The van der Waals surface area contributed by atoms with Crippen molar-refractivity contribution < 1.29 is 4.39 Å². The number of nitrogens with zero attached hydrogens (tertiary/aromatic N) is 4. The smallest absolute Gasteiger partial charge is 0.337 e. The first-order valence-corrected chi connectivity index (χ1v) is 8.51. The molecule has 0 spiro atoms. The average Bonchev–Trinajstić information content (AvgIpc) is 3.31. The molecule has 6 nitrogen and oxygen atoms in total. The van der Waals surface area contributed by atoms with Crippen molar-refractivity contribution in [2.75, 3.05) is 14.1 Å². The van der Waals surface area contributed by atoms with Gasteiger partial charge in [-0.25, -0.2) is 18.7 Å². The lowest BCUT2D eigenvalue weighted by Crippen LogP contribution is -2.38. The van der Waals surface area contributed by atoms with Gasteiger partial charge in [-0.15, -0.1) is 0 Å². The number of hydrogen-bond acceptors (Lipinski definition) is 3. The molecule has 8 heteroatoms. The third kappa shape index (κ3) is 3.28. The minimum absolute atomic E-state index is 0.0840. The summed E-state index contributed by atoms with van der Waals surface area (Å²) in [6, 6.07) is 5.74. The predicted molar refractivity (Wildman–Crippen MR) is 99.1 cm³/mol. The molecule has 0 atom stereocenters. The summed E-state index contributed by atoms with van der Waals surface area (Å²) in [6.07, 6.45) is 3.03. The molecule has 0 unspecified atom stereocenters. The van der Waals surface area contributed by atoms with Gasteiger partial charge in [0.2, 0.25) is 0 Å². The Balaban J connectivity index is 2.30. The zero-order valence-corrected chi connectivity index (χ0v) is 15.4. The van der Waals surface area contributed by atoms with Gasteiger partial charge in [-0.2, -0.15) is 0 Å². The zero-order valence-electron chi connectivity index (χ0n) is 13.2. The maximum absolute atomic E-state index is 14.4. The second kappa shape index (κ2) is 6.50. The third-order valence-electron chi connectivity index (χ3n) is 3.60. The molecule has 1 heterocycles. The van der Waals surface area contributed by atoms with Gasteiger partial charge in [0, 0.05) is 29.8 Å². The van der Waals surface area contributed by atoms with Gasteiger partial charge >= 0.3 is 5.69 Å². The van der Waals surface area contributed by atoms with Crippen LogP contribution in [0.5, 0.6) is 0 Å². The summed E-state index contributed by atoms with van der Waals surface area (Å²) in [5.74, 6) is -0.429. The highest BCUT2D eigenvalue weighted by Crippen LogP contribution is 2.32. The Morgan fingerprint density at radius 1 is 1.29 bits per heavy atom. The minimum atomic E-state index is -0.559. The van der Waals surface area contributed by atoms with E-state index >= 15 is 0 Å². The Hall–Kier alpha value is -1.97. The predicted octanol–water partition coefficient (Wildman–Crippen LogP) is 2.30. The monoisotopic (exact) mass is 442 g/mol. The second-order valence-corrected chi connectivity index (χ2v) is 7.11. The van der Waals surface area contributed by atoms with Crippen molar-refractivity contribution in [2.24, 2.45) is 4.99 Å². The van der Waals surface area contributed by atoms with Crippen LogP contribution < -0.4 is 11.2 Å². The number of aromatic nitrogens is 2. The fourth-order valence-corrected chi connectivity index (χ4v) is 2.83. The van der Waals surface area contributed by atoms with Crippen LogP contribution in [0.3, 0.4) is 0 Å². The van der Waals surface area contributed by atoms with Crippen LogP contribution in [0, 0.1) is 9.39 Å². The summed E-state index contributed by atoms with van der Waals surface area (Å²) in [4.78, 5) is 31.0. The molecule has 1 saturated carbocycles. The van der Waals surface area contributed by atoms with Crippen molar-refractivity contribution in [3.05, 3.63) is 54.5 Å². The molecule has 24 heavy (non-hydrogen) atoms. The van der Waals surface area contributed by atoms with Crippen LogP contribution in [-0.2, 0) is 0 Å². The van der Waals surface area contributed by atoms with Crippen LogP contribution in [0.2, 0.25) is 0 Å². The second-order valence-electron chi connectivity index (χ2n) is 5.86. The first kappa shape index (κ1) is 16.9. The van der Waals surface area contributed by atoms with Gasteiger partial charge < -0.3 is 4.90 Å². The standard InChI is InChI=1S/C16H16FIN4O2/c1-20(2)9-19-14-8-15(23)21(11-4-5-11)16(24)22(14)13-6-3-10(18)7-12(13)17/h3,6-9,11H,4-5H2,1-2H3/b19-9+. The number of hydrogen-bond donors (Lipinski definition) is 0. The molecule has 1 aromatic heterocycles. The number of rotatable bonds is 4. The lowest BCUT2D eigenvalue weighted by atomic mass is 10.3. The molecule has 1 aliphatic carbocycles. The third-order valence-corrected chi connectivity index (χ3v) is 4.27. The molecule has 0 bridgehead atoms. The normalized spacial score (nSPS) is 14.3. The number of aliphatic imine (C=N–C) groups is 1. The van der Waals surface area contributed by atoms with Crippen molar-refractivity contribution in [1.29, 1.82) is 0 Å². The number of halogens is 2. The van der Waals surface area contributed by atoms with Gasteiger partial charge in [-0.3, -0.25) is 9.36 Å². The molecule has 1 fully saturated rings. The highest BCUT2D eigenvalue weighted by atomic mass is 127. The molecule has 126 valence electrons. The van der Waals surface area contributed by atoms with Crippen molar-refractivity contribution in [3.8, 4) is 5.69 Å². The van der Waals surface area contributed by atoms with E-state index in [1.165, 1.54) is 29.1 Å². The summed E-state index contributed by atoms with van der Waals surface area (Å²) in [7, 11) is 3.53. The van der Waals surface area contributed by atoms with E-state index in [4.69, 9.17) is 0 Å². The molecular formula is C16H16FIN4O2. The van der Waals surface area contributed by atoms with Crippen LogP contribution in [0.25, 0.3) is 5.69 Å². The fraction of sp³-hybridized carbons (Fsp3) is 0.312. The molecule has 1 aliphatic rings.